The lowest BCUT2D eigenvalue weighted by Crippen LogP contribution is -2.50. The predicted octanol–water partition coefficient (Wildman–Crippen LogP) is 1.16. The number of rotatable bonds is 3. The summed E-state index contributed by atoms with van der Waals surface area (Å²) in [6, 6.07) is 5.40. The monoisotopic (exact) mass is 373 g/mol. The number of amides is 1. The van der Waals surface area contributed by atoms with E-state index in [0.717, 1.165) is 25.1 Å². The van der Waals surface area contributed by atoms with Gasteiger partial charge in [-0.05, 0) is 49.1 Å². The molecular formula is C16H24ClN3O3S. The van der Waals surface area contributed by atoms with Crippen molar-refractivity contribution >= 4 is 34.0 Å². The number of nitrogens with one attached hydrogen (secondary N) is 2. The van der Waals surface area contributed by atoms with E-state index in [2.05, 4.69) is 17.6 Å². The fourth-order valence-corrected chi connectivity index (χ4v) is 4.25. The van der Waals surface area contributed by atoms with Gasteiger partial charge in [0.05, 0.1) is 11.9 Å². The first-order chi connectivity index (χ1) is 10.9. The average molecular weight is 374 g/mol. The first-order valence-corrected chi connectivity index (χ1v) is 9.83. The number of piperidine rings is 1. The van der Waals surface area contributed by atoms with Crippen molar-refractivity contribution in [2.75, 3.05) is 30.2 Å². The number of hydrogen-bond donors (Lipinski definition) is 2. The van der Waals surface area contributed by atoms with Crippen LogP contribution in [0.2, 0.25) is 0 Å². The van der Waals surface area contributed by atoms with E-state index in [1.54, 1.807) is 12.1 Å². The Hall–Kier alpha value is -1.31. The number of fused-ring (bicyclic) bond motifs is 1. The highest BCUT2D eigenvalue weighted by atomic mass is 35.5. The number of anilines is 1. The molecule has 1 aromatic rings. The third kappa shape index (κ3) is 3.84. The largest absolute Gasteiger partial charge is 0.348 e. The normalized spacial score (nSPS) is 23.3. The van der Waals surface area contributed by atoms with E-state index in [9.17, 15) is 13.2 Å². The van der Waals surface area contributed by atoms with Gasteiger partial charge >= 0.3 is 0 Å². The minimum atomic E-state index is -3.25. The third-order valence-corrected chi connectivity index (χ3v) is 5.92. The molecule has 2 atom stereocenters. The van der Waals surface area contributed by atoms with Gasteiger partial charge in [0.15, 0.2) is 0 Å². The number of benzene rings is 1. The summed E-state index contributed by atoms with van der Waals surface area (Å²) in [5.41, 5.74) is 2.20. The third-order valence-electron chi connectivity index (χ3n) is 4.74. The molecular weight excluding hydrogens is 350 g/mol. The molecule has 134 valence electrons. The van der Waals surface area contributed by atoms with Crippen LogP contribution in [0.1, 0.15) is 29.3 Å². The fraction of sp³-hybridized carbons (Fsp3) is 0.562. The number of sulfonamides is 1. The van der Waals surface area contributed by atoms with Crippen LogP contribution < -0.4 is 14.9 Å². The van der Waals surface area contributed by atoms with Crippen molar-refractivity contribution in [3.8, 4) is 0 Å². The molecule has 1 amide bonds. The molecule has 3 rings (SSSR count). The quantitative estimate of drug-likeness (QED) is 0.833. The van der Waals surface area contributed by atoms with Crippen LogP contribution in [0.3, 0.4) is 0 Å². The topological polar surface area (TPSA) is 78.5 Å². The molecule has 1 fully saturated rings. The summed E-state index contributed by atoms with van der Waals surface area (Å²) < 4.78 is 24.9. The van der Waals surface area contributed by atoms with E-state index in [4.69, 9.17) is 0 Å². The summed E-state index contributed by atoms with van der Waals surface area (Å²) in [7, 11) is -3.25. The van der Waals surface area contributed by atoms with Crippen molar-refractivity contribution in [2.24, 2.45) is 5.92 Å². The van der Waals surface area contributed by atoms with Gasteiger partial charge in [0.25, 0.3) is 5.91 Å². The molecule has 0 aromatic heterocycles. The van der Waals surface area contributed by atoms with Crippen molar-refractivity contribution in [3.05, 3.63) is 29.3 Å². The molecule has 1 aromatic carbocycles. The van der Waals surface area contributed by atoms with Gasteiger partial charge in [-0.3, -0.25) is 9.10 Å². The molecule has 2 aliphatic heterocycles. The fourth-order valence-electron chi connectivity index (χ4n) is 3.29. The SMILES string of the molecule is CC1CCNCC1NC(=O)c1ccc2c(c1)CCN2S(C)(=O)=O.Cl. The van der Waals surface area contributed by atoms with Crippen LogP contribution in [0.5, 0.6) is 0 Å². The first kappa shape index (κ1) is 19.0. The second-order valence-corrected chi connectivity index (χ2v) is 8.39. The molecule has 0 radical (unpaired) electrons. The van der Waals surface area contributed by atoms with Crippen LogP contribution in [0.4, 0.5) is 5.69 Å². The number of nitrogens with zero attached hydrogens (tertiary/aromatic N) is 1. The second-order valence-electron chi connectivity index (χ2n) is 6.48. The Kier molecular flexibility index (Phi) is 5.78. The van der Waals surface area contributed by atoms with E-state index in [1.165, 1.54) is 10.6 Å². The molecule has 6 nitrogen and oxygen atoms in total. The molecule has 2 unspecified atom stereocenters. The Bertz CT molecular complexity index is 723. The van der Waals surface area contributed by atoms with E-state index in [-0.39, 0.29) is 24.4 Å². The molecule has 0 saturated carbocycles. The average Bonchev–Trinajstić information content (AvgIpc) is 2.92. The highest BCUT2D eigenvalue weighted by Crippen LogP contribution is 2.30. The second kappa shape index (κ2) is 7.29. The van der Waals surface area contributed by atoms with Gasteiger partial charge in [-0.15, -0.1) is 12.4 Å². The summed E-state index contributed by atoms with van der Waals surface area (Å²) >= 11 is 0. The summed E-state index contributed by atoms with van der Waals surface area (Å²) in [4.78, 5) is 12.5. The molecule has 1 saturated heterocycles. The minimum Gasteiger partial charge on any atom is -0.348 e. The zero-order chi connectivity index (χ0) is 16.6. The molecule has 2 N–H and O–H groups in total. The van der Waals surface area contributed by atoms with Gasteiger partial charge in [-0.1, -0.05) is 6.92 Å². The number of hydrogen-bond acceptors (Lipinski definition) is 4. The van der Waals surface area contributed by atoms with Gasteiger partial charge in [-0.25, -0.2) is 8.42 Å². The maximum Gasteiger partial charge on any atom is 0.251 e. The Morgan fingerprint density at radius 1 is 1.38 bits per heavy atom. The number of carbonyl (C=O) groups is 1. The summed E-state index contributed by atoms with van der Waals surface area (Å²) in [5, 5.41) is 6.38. The van der Waals surface area contributed by atoms with Crippen molar-refractivity contribution < 1.29 is 13.2 Å². The Labute approximate surface area is 149 Å². The Balaban J connectivity index is 0.00000208. The predicted molar refractivity (Wildman–Crippen MR) is 97.5 cm³/mol. The summed E-state index contributed by atoms with van der Waals surface area (Å²) in [6.07, 6.45) is 2.91. The minimum absolute atomic E-state index is 0. The maximum atomic E-state index is 12.5. The molecule has 2 heterocycles. The lowest BCUT2D eigenvalue weighted by molar-refractivity contribution is 0.0915. The smallest absolute Gasteiger partial charge is 0.251 e. The van der Waals surface area contributed by atoms with E-state index in [0.29, 0.717) is 30.1 Å². The highest BCUT2D eigenvalue weighted by Gasteiger charge is 2.28. The molecule has 0 aliphatic carbocycles. The molecule has 0 bridgehead atoms. The summed E-state index contributed by atoms with van der Waals surface area (Å²) in [5.74, 6) is 0.363. The van der Waals surface area contributed by atoms with E-state index >= 15 is 0 Å². The molecule has 8 heteroatoms. The van der Waals surface area contributed by atoms with Gasteiger partial charge in [-0.2, -0.15) is 0 Å². The van der Waals surface area contributed by atoms with Gasteiger partial charge < -0.3 is 10.6 Å². The lowest BCUT2D eigenvalue weighted by Gasteiger charge is -2.30. The first-order valence-electron chi connectivity index (χ1n) is 7.98. The Morgan fingerprint density at radius 3 is 2.79 bits per heavy atom. The van der Waals surface area contributed by atoms with Crippen molar-refractivity contribution in [1.82, 2.24) is 10.6 Å². The van der Waals surface area contributed by atoms with Crippen LogP contribution in [-0.4, -0.2) is 46.3 Å². The van der Waals surface area contributed by atoms with Crippen molar-refractivity contribution in [1.29, 1.82) is 0 Å². The van der Waals surface area contributed by atoms with Crippen LogP contribution >= 0.6 is 12.4 Å². The van der Waals surface area contributed by atoms with Crippen molar-refractivity contribution in [2.45, 2.75) is 25.8 Å². The molecule has 2 aliphatic rings. The molecule has 24 heavy (non-hydrogen) atoms. The van der Waals surface area contributed by atoms with Crippen LogP contribution in [-0.2, 0) is 16.4 Å². The number of halogens is 1. The van der Waals surface area contributed by atoms with E-state index in [1.807, 2.05) is 6.07 Å². The van der Waals surface area contributed by atoms with Crippen LogP contribution in [0.25, 0.3) is 0 Å². The van der Waals surface area contributed by atoms with Gasteiger partial charge in [0, 0.05) is 24.7 Å². The summed E-state index contributed by atoms with van der Waals surface area (Å²) in [6.45, 7) is 4.38. The van der Waals surface area contributed by atoms with Crippen LogP contribution in [0, 0.1) is 5.92 Å². The van der Waals surface area contributed by atoms with Crippen molar-refractivity contribution in [3.63, 3.8) is 0 Å². The Morgan fingerprint density at radius 2 is 2.12 bits per heavy atom. The lowest BCUT2D eigenvalue weighted by atomic mass is 9.94. The zero-order valence-electron chi connectivity index (χ0n) is 13.9. The maximum absolute atomic E-state index is 12.5. The zero-order valence-corrected chi connectivity index (χ0v) is 15.5. The van der Waals surface area contributed by atoms with Crippen LogP contribution in [0.15, 0.2) is 18.2 Å². The number of carbonyl (C=O) groups excluding carboxylic acids is 1. The standard InChI is InChI=1S/C16H23N3O3S.ClH/c1-11-5-7-17-10-14(11)18-16(20)13-3-4-15-12(9-13)6-8-19(15)23(2,21)22;/h3-4,9,11,14,17H,5-8,10H2,1-2H3,(H,18,20);1H. The van der Waals surface area contributed by atoms with Gasteiger partial charge in [0.2, 0.25) is 10.0 Å². The van der Waals surface area contributed by atoms with Gasteiger partial charge in [0.1, 0.15) is 0 Å². The molecule has 0 spiro atoms. The van der Waals surface area contributed by atoms with E-state index < -0.39 is 10.0 Å². The highest BCUT2D eigenvalue weighted by molar-refractivity contribution is 7.92.